The summed E-state index contributed by atoms with van der Waals surface area (Å²) in [5, 5.41) is 3.40. The fraction of sp³-hybridized carbons (Fsp3) is 0.647. The molecule has 3 nitrogen and oxygen atoms in total. The molecule has 1 atom stereocenters. The number of rotatable bonds is 5. The summed E-state index contributed by atoms with van der Waals surface area (Å²) in [5.41, 5.74) is 2.83. The van der Waals surface area contributed by atoms with E-state index in [-0.39, 0.29) is 0 Å². The molecule has 1 aromatic rings. The second-order valence-electron chi connectivity index (χ2n) is 6.04. The summed E-state index contributed by atoms with van der Waals surface area (Å²) in [7, 11) is 2.23. The lowest BCUT2D eigenvalue weighted by molar-refractivity contribution is 0.194. The third-order valence-electron chi connectivity index (χ3n) is 4.14. The molecule has 0 saturated carbocycles. The van der Waals surface area contributed by atoms with Crippen molar-refractivity contribution in [1.82, 2.24) is 15.1 Å². The van der Waals surface area contributed by atoms with Crippen LogP contribution >= 0.6 is 0 Å². The number of nitrogens with one attached hydrogen (secondary N) is 1. The minimum Gasteiger partial charge on any atom is -0.313 e. The highest BCUT2D eigenvalue weighted by Gasteiger charge is 2.19. The molecule has 2 rings (SSSR count). The number of nitrogens with zero attached hydrogens (tertiary/aromatic N) is 2. The zero-order valence-corrected chi connectivity index (χ0v) is 13.2. The van der Waals surface area contributed by atoms with Gasteiger partial charge in [0.25, 0.3) is 0 Å². The molecular weight excluding hydrogens is 246 g/mol. The first kappa shape index (κ1) is 15.5. The highest BCUT2D eigenvalue weighted by molar-refractivity contribution is 5.23. The molecule has 1 fully saturated rings. The van der Waals surface area contributed by atoms with E-state index in [1.807, 2.05) is 0 Å². The molecule has 0 bridgehead atoms. The Morgan fingerprint density at radius 2 is 2.05 bits per heavy atom. The maximum Gasteiger partial charge on any atom is 0.0237 e. The lowest BCUT2D eigenvalue weighted by Gasteiger charge is -2.28. The molecule has 1 aromatic carbocycles. The maximum absolute atomic E-state index is 3.40. The van der Waals surface area contributed by atoms with Gasteiger partial charge < -0.3 is 10.2 Å². The summed E-state index contributed by atoms with van der Waals surface area (Å²) in [6.45, 7) is 11.2. The van der Waals surface area contributed by atoms with Gasteiger partial charge in [0, 0.05) is 32.2 Å². The summed E-state index contributed by atoms with van der Waals surface area (Å²) in [6, 6.07) is 9.66. The Balaban J connectivity index is 1.97. The van der Waals surface area contributed by atoms with Crippen molar-refractivity contribution >= 4 is 0 Å². The van der Waals surface area contributed by atoms with E-state index in [2.05, 4.69) is 60.3 Å². The molecule has 0 radical (unpaired) electrons. The van der Waals surface area contributed by atoms with E-state index in [9.17, 15) is 0 Å². The summed E-state index contributed by atoms with van der Waals surface area (Å²) < 4.78 is 0. The molecule has 0 amide bonds. The monoisotopic (exact) mass is 275 g/mol. The first-order chi connectivity index (χ1) is 9.69. The Labute approximate surface area is 124 Å². The predicted octanol–water partition coefficient (Wildman–Crippen LogP) is 2.32. The van der Waals surface area contributed by atoms with Crippen molar-refractivity contribution in [3.63, 3.8) is 0 Å². The number of hydrogen-bond donors (Lipinski definition) is 1. The van der Waals surface area contributed by atoms with Crippen molar-refractivity contribution in [3.8, 4) is 0 Å². The third-order valence-corrected chi connectivity index (χ3v) is 4.14. The van der Waals surface area contributed by atoms with Gasteiger partial charge in [-0.2, -0.15) is 0 Å². The summed E-state index contributed by atoms with van der Waals surface area (Å²) >= 11 is 0. The summed E-state index contributed by atoms with van der Waals surface area (Å²) in [6.07, 6.45) is 1.28. The zero-order valence-electron chi connectivity index (χ0n) is 13.2. The van der Waals surface area contributed by atoms with Crippen LogP contribution in [0.15, 0.2) is 24.3 Å². The average Bonchev–Trinajstić information content (AvgIpc) is 2.59. The van der Waals surface area contributed by atoms with E-state index in [0.717, 1.165) is 19.6 Å². The van der Waals surface area contributed by atoms with Gasteiger partial charge in [-0.05, 0) is 44.6 Å². The standard InChI is InChI=1S/C17H29N3/c1-4-18-12-16-7-5-8-17(11-16)14-20-10-6-9-19(3)13-15(20)2/h5,7-8,11,15,18H,4,6,9-10,12-14H2,1-3H3. The van der Waals surface area contributed by atoms with Crippen LogP contribution in [0, 0.1) is 0 Å². The van der Waals surface area contributed by atoms with Crippen LogP contribution in [-0.2, 0) is 13.1 Å². The van der Waals surface area contributed by atoms with Crippen LogP contribution < -0.4 is 5.32 Å². The van der Waals surface area contributed by atoms with Crippen LogP contribution in [0.4, 0.5) is 0 Å². The Bertz CT molecular complexity index is 405. The number of likely N-dealkylation sites (N-methyl/N-ethyl adjacent to an activating group) is 1. The molecular formula is C17H29N3. The van der Waals surface area contributed by atoms with Gasteiger partial charge in [-0.15, -0.1) is 0 Å². The van der Waals surface area contributed by atoms with E-state index in [4.69, 9.17) is 0 Å². The lowest BCUT2D eigenvalue weighted by Crippen LogP contribution is -2.37. The lowest BCUT2D eigenvalue weighted by atomic mass is 10.1. The highest BCUT2D eigenvalue weighted by Crippen LogP contribution is 2.14. The van der Waals surface area contributed by atoms with Crippen LogP contribution in [0.5, 0.6) is 0 Å². The molecule has 1 N–H and O–H groups in total. The normalized spacial score (nSPS) is 21.9. The molecule has 0 aromatic heterocycles. The van der Waals surface area contributed by atoms with Gasteiger partial charge in [0.05, 0.1) is 0 Å². The molecule has 20 heavy (non-hydrogen) atoms. The predicted molar refractivity (Wildman–Crippen MR) is 85.8 cm³/mol. The van der Waals surface area contributed by atoms with Gasteiger partial charge in [0.2, 0.25) is 0 Å². The van der Waals surface area contributed by atoms with Gasteiger partial charge >= 0.3 is 0 Å². The van der Waals surface area contributed by atoms with Crippen LogP contribution in [0.2, 0.25) is 0 Å². The highest BCUT2D eigenvalue weighted by atomic mass is 15.2. The van der Waals surface area contributed by atoms with Crippen LogP contribution in [0.3, 0.4) is 0 Å². The molecule has 0 aliphatic carbocycles. The molecule has 1 saturated heterocycles. The van der Waals surface area contributed by atoms with Crippen molar-refractivity contribution in [2.24, 2.45) is 0 Å². The van der Waals surface area contributed by atoms with Crippen molar-refractivity contribution < 1.29 is 0 Å². The zero-order chi connectivity index (χ0) is 14.4. The average molecular weight is 275 g/mol. The molecule has 1 heterocycles. The van der Waals surface area contributed by atoms with Gasteiger partial charge in [-0.1, -0.05) is 31.2 Å². The Morgan fingerprint density at radius 3 is 2.85 bits per heavy atom. The van der Waals surface area contributed by atoms with Gasteiger partial charge in [0.15, 0.2) is 0 Å². The summed E-state index contributed by atoms with van der Waals surface area (Å²) in [4.78, 5) is 5.07. The largest absolute Gasteiger partial charge is 0.313 e. The fourth-order valence-electron chi connectivity index (χ4n) is 3.00. The SMILES string of the molecule is CCNCc1cccc(CN2CCCN(C)CC2C)c1. The van der Waals surface area contributed by atoms with E-state index >= 15 is 0 Å². The van der Waals surface area contributed by atoms with E-state index in [1.165, 1.54) is 37.2 Å². The van der Waals surface area contributed by atoms with E-state index in [0.29, 0.717) is 6.04 Å². The van der Waals surface area contributed by atoms with Crippen molar-refractivity contribution in [1.29, 1.82) is 0 Å². The molecule has 1 aliphatic heterocycles. The number of benzene rings is 1. The first-order valence-corrected chi connectivity index (χ1v) is 7.90. The first-order valence-electron chi connectivity index (χ1n) is 7.90. The molecule has 1 unspecified atom stereocenters. The second-order valence-corrected chi connectivity index (χ2v) is 6.04. The minimum absolute atomic E-state index is 0.639. The van der Waals surface area contributed by atoms with Gasteiger partial charge in [-0.3, -0.25) is 4.90 Å². The van der Waals surface area contributed by atoms with Crippen LogP contribution in [0.25, 0.3) is 0 Å². The minimum atomic E-state index is 0.639. The smallest absolute Gasteiger partial charge is 0.0237 e. The van der Waals surface area contributed by atoms with Crippen molar-refractivity contribution in [3.05, 3.63) is 35.4 Å². The molecule has 0 spiro atoms. The fourth-order valence-corrected chi connectivity index (χ4v) is 3.00. The van der Waals surface area contributed by atoms with Gasteiger partial charge in [0.1, 0.15) is 0 Å². The molecule has 1 aliphatic rings. The molecule has 112 valence electrons. The number of hydrogen-bond acceptors (Lipinski definition) is 3. The Hall–Kier alpha value is -0.900. The maximum atomic E-state index is 3.40. The van der Waals surface area contributed by atoms with Crippen LogP contribution in [0.1, 0.15) is 31.4 Å². The van der Waals surface area contributed by atoms with Crippen LogP contribution in [-0.4, -0.2) is 49.1 Å². The van der Waals surface area contributed by atoms with Crippen molar-refractivity contribution in [2.75, 3.05) is 33.2 Å². The van der Waals surface area contributed by atoms with E-state index in [1.54, 1.807) is 0 Å². The Morgan fingerprint density at radius 1 is 1.25 bits per heavy atom. The second kappa shape index (κ2) is 7.77. The van der Waals surface area contributed by atoms with Gasteiger partial charge in [-0.25, -0.2) is 0 Å². The topological polar surface area (TPSA) is 18.5 Å². The van der Waals surface area contributed by atoms with E-state index < -0.39 is 0 Å². The third kappa shape index (κ3) is 4.58. The quantitative estimate of drug-likeness (QED) is 0.890. The van der Waals surface area contributed by atoms with Crippen molar-refractivity contribution in [2.45, 2.75) is 39.4 Å². The Kier molecular flexibility index (Phi) is 6.02. The molecule has 3 heteroatoms. The summed E-state index contributed by atoms with van der Waals surface area (Å²) in [5.74, 6) is 0.